The zero-order valence-electron chi connectivity index (χ0n) is 10.4. The van der Waals surface area contributed by atoms with E-state index in [0.717, 1.165) is 25.8 Å². The van der Waals surface area contributed by atoms with Crippen LogP contribution in [-0.4, -0.2) is 23.8 Å². The van der Waals surface area contributed by atoms with E-state index in [2.05, 4.69) is 36.5 Å². The van der Waals surface area contributed by atoms with Crippen molar-refractivity contribution in [1.29, 1.82) is 0 Å². The van der Waals surface area contributed by atoms with Crippen LogP contribution < -0.4 is 5.32 Å². The molecule has 1 rings (SSSR count). The van der Waals surface area contributed by atoms with Crippen LogP contribution in [0, 0.1) is 0 Å². The lowest BCUT2D eigenvalue weighted by atomic mass is 10.0. The highest BCUT2D eigenvalue weighted by molar-refractivity contribution is 6.22. The van der Waals surface area contributed by atoms with Crippen molar-refractivity contribution >= 4 is 23.2 Å². The lowest BCUT2D eigenvalue weighted by Gasteiger charge is -2.29. The first-order valence-electron chi connectivity index (χ1n) is 6.17. The predicted octanol–water partition coefficient (Wildman–Crippen LogP) is 3.84. The Morgan fingerprint density at radius 2 is 1.76 bits per heavy atom. The van der Waals surface area contributed by atoms with E-state index >= 15 is 0 Å². The highest BCUT2D eigenvalue weighted by atomic mass is 35.5. The zero-order valence-corrected chi connectivity index (χ0v) is 11.9. The van der Waals surface area contributed by atoms with Crippen molar-refractivity contribution in [1.82, 2.24) is 5.32 Å². The molecule has 0 spiro atoms. The number of aryl methyl sites for hydroxylation is 1. The number of hydrogen-bond donors (Lipinski definition) is 1. The van der Waals surface area contributed by atoms with Gasteiger partial charge in [-0.05, 0) is 31.4 Å². The Morgan fingerprint density at radius 3 is 2.29 bits per heavy atom. The number of nitrogens with one attached hydrogen (secondary N) is 1. The van der Waals surface area contributed by atoms with Crippen molar-refractivity contribution in [3.8, 4) is 0 Å². The van der Waals surface area contributed by atoms with Crippen LogP contribution in [0.3, 0.4) is 0 Å². The Morgan fingerprint density at radius 1 is 1.12 bits per heavy atom. The number of hydrogen-bond acceptors (Lipinski definition) is 1. The van der Waals surface area contributed by atoms with Gasteiger partial charge in [-0.1, -0.05) is 37.3 Å². The highest BCUT2D eigenvalue weighted by Gasteiger charge is 2.24. The van der Waals surface area contributed by atoms with Crippen LogP contribution >= 0.6 is 23.2 Å². The Kier molecular flexibility index (Phi) is 6.94. The molecule has 0 saturated heterocycles. The second-order valence-electron chi connectivity index (χ2n) is 4.42. The maximum Gasteiger partial charge on any atom is 0.0451 e. The molecule has 1 aromatic carbocycles. The zero-order chi connectivity index (χ0) is 12.6. The minimum atomic E-state index is -0.0974. The molecule has 0 fully saturated rings. The molecule has 3 heteroatoms. The molecule has 0 heterocycles. The molecule has 0 aromatic heterocycles. The summed E-state index contributed by atoms with van der Waals surface area (Å²) in [4.78, 5) is 0. The summed E-state index contributed by atoms with van der Waals surface area (Å²) in [6.07, 6.45) is 3.17. The molecule has 0 aliphatic rings. The first-order valence-corrected chi connectivity index (χ1v) is 7.24. The average molecular weight is 274 g/mol. The van der Waals surface area contributed by atoms with Crippen LogP contribution in [0.15, 0.2) is 30.3 Å². The normalized spacial score (nSPS) is 11.7. The number of halogens is 2. The SMILES string of the molecule is CCC(CCl)(CCl)NCCCc1ccccc1. The molecule has 0 unspecified atom stereocenters. The standard InChI is InChI=1S/C14H21Cl2N/c1-2-14(11-15,12-16)17-10-6-9-13-7-4-3-5-8-13/h3-5,7-8,17H,2,6,9-12H2,1H3. The van der Waals surface area contributed by atoms with Crippen LogP contribution in [0.2, 0.25) is 0 Å². The highest BCUT2D eigenvalue weighted by Crippen LogP contribution is 2.14. The van der Waals surface area contributed by atoms with Gasteiger partial charge < -0.3 is 5.32 Å². The average Bonchev–Trinajstić information content (AvgIpc) is 2.41. The lowest BCUT2D eigenvalue weighted by Crippen LogP contribution is -2.48. The molecule has 0 radical (unpaired) electrons. The Hall–Kier alpha value is -0.240. The molecule has 1 N–H and O–H groups in total. The van der Waals surface area contributed by atoms with Crippen molar-refractivity contribution in [3.05, 3.63) is 35.9 Å². The van der Waals surface area contributed by atoms with Gasteiger partial charge in [-0.25, -0.2) is 0 Å². The summed E-state index contributed by atoms with van der Waals surface area (Å²) in [5.41, 5.74) is 1.29. The van der Waals surface area contributed by atoms with E-state index in [1.807, 2.05) is 6.07 Å². The van der Waals surface area contributed by atoms with E-state index < -0.39 is 0 Å². The third-order valence-corrected chi connectivity index (χ3v) is 4.20. The number of rotatable bonds is 8. The van der Waals surface area contributed by atoms with Crippen LogP contribution in [0.5, 0.6) is 0 Å². The smallest absolute Gasteiger partial charge is 0.0451 e. The minimum Gasteiger partial charge on any atom is -0.309 e. The fourth-order valence-electron chi connectivity index (χ4n) is 1.73. The number of alkyl halides is 2. The second kappa shape index (κ2) is 7.97. The Labute approximate surface area is 115 Å². The van der Waals surface area contributed by atoms with Crippen LogP contribution in [0.1, 0.15) is 25.3 Å². The molecule has 0 saturated carbocycles. The first-order chi connectivity index (χ1) is 8.26. The van der Waals surface area contributed by atoms with Crippen LogP contribution in [0.25, 0.3) is 0 Å². The van der Waals surface area contributed by atoms with Gasteiger partial charge in [0.05, 0.1) is 0 Å². The largest absolute Gasteiger partial charge is 0.309 e. The van der Waals surface area contributed by atoms with Gasteiger partial charge >= 0.3 is 0 Å². The second-order valence-corrected chi connectivity index (χ2v) is 4.95. The van der Waals surface area contributed by atoms with E-state index in [9.17, 15) is 0 Å². The van der Waals surface area contributed by atoms with E-state index in [1.165, 1.54) is 5.56 Å². The summed E-state index contributed by atoms with van der Waals surface area (Å²) in [5, 5.41) is 3.49. The molecule has 96 valence electrons. The summed E-state index contributed by atoms with van der Waals surface area (Å²) in [5.74, 6) is 1.14. The van der Waals surface area contributed by atoms with Crippen molar-refractivity contribution in [2.75, 3.05) is 18.3 Å². The summed E-state index contributed by atoms with van der Waals surface area (Å²) in [6, 6.07) is 10.5. The van der Waals surface area contributed by atoms with Gasteiger partial charge in [-0.3, -0.25) is 0 Å². The van der Waals surface area contributed by atoms with E-state index in [-0.39, 0.29) is 5.54 Å². The lowest BCUT2D eigenvalue weighted by molar-refractivity contribution is 0.384. The van der Waals surface area contributed by atoms with Gasteiger partial charge in [0, 0.05) is 17.3 Å². The van der Waals surface area contributed by atoms with Crippen LogP contribution in [0.4, 0.5) is 0 Å². The fraction of sp³-hybridized carbons (Fsp3) is 0.571. The molecule has 1 nitrogen and oxygen atoms in total. The molecular weight excluding hydrogens is 253 g/mol. The van der Waals surface area contributed by atoms with Gasteiger partial charge in [0.2, 0.25) is 0 Å². The third kappa shape index (κ3) is 4.87. The van der Waals surface area contributed by atoms with Gasteiger partial charge in [0.15, 0.2) is 0 Å². The van der Waals surface area contributed by atoms with E-state index in [0.29, 0.717) is 11.8 Å². The molecule has 0 aliphatic carbocycles. The summed E-state index contributed by atoms with van der Waals surface area (Å²) in [6.45, 7) is 3.08. The van der Waals surface area contributed by atoms with Crippen molar-refractivity contribution in [3.63, 3.8) is 0 Å². The van der Waals surface area contributed by atoms with Gasteiger partial charge in [0.25, 0.3) is 0 Å². The van der Waals surface area contributed by atoms with Crippen molar-refractivity contribution in [2.45, 2.75) is 31.7 Å². The topological polar surface area (TPSA) is 12.0 Å². The minimum absolute atomic E-state index is 0.0974. The van der Waals surface area contributed by atoms with Gasteiger partial charge in [0.1, 0.15) is 0 Å². The van der Waals surface area contributed by atoms with Gasteiger partial charge in [-0.15, -0.1) is 23.2 Å². The van der Waals surface area contributed by atoms with Gasteiger partial charge in [-0.2, -0.15) is 0 Å². The maximum absolute atomic E-state index is 5.97. The number of benzene rings is 1. The predicted molar refractivity (Wildman–Crippen MR) is 77.2 cm³/mol. The summed E-state index contributed by atoms with van der Waals surface area (Å²) in [7, 11) is 0. The molecule has 0 aliphatic heterocycles. The quantitative estimate of drug-likeness (QED) is 0.561. The molecule has 1 aromatic rings. The maximum atomic E-state index is 5.97. The van der Waals surface area contributed by atoms with E-state index in [1.54, 1.807) is 0 Å². The van der Waals surface area contributed by atoms with Crippen LogP contribution in [-0.2, 0) is 6.42 Å². The van der Waals surface area contributed by atoms with Crippen molar-refractivity contribution in [2.24, 2.45) is 0 Å². The third-order valence-electron chi connectivity index (χ3n) is 3.17. The Balaban J connectivity index is 2.28. The Bertz CT molecular complexity index is 288. The molecule has 0 bridgehead atoms. The summed E-state index contributed by atoms with van der Waals surface area (Å²) >= 11 is 11.9. The molecule has 0 atom stereocenters. The van der Waals surface area contributed by atoms with Crippen molar-refractivity contribution < 1.29 is 0 Å². The first kappa shape index (κ1) is 14.8. The molecule has 17 heavy (non-hydrogen) atoms. The van der Waals surface area contributed by atoms with E-state index in [4.69, 9.17) is 23.2 Å². The summed E-state index contributed by atoms with van der Waals surface area (Å²) < 4.78 is 0. The fourth-order valence-corrected chi connectivity index (χ4v) is 2.59. The molecule has 0 amide bonds. The monoisotopic (exact) mass is 273 g/mol. The molecular formula is C14H21Cl2N.